The SMILES string of the molecule is COc1ccc(-n2ccc3c(N4C[C@@H](N)C[C@H]4CO)c(NC(=O)c4ccnc(-c5c(F)cccc5OC)n4)ccc32)c(F)c1. The molecule has 2 atom stereocenters. The van der Waals surface area contributed by atoms with Crippen molar-refractivity contribution in [2.45, 2.75) is 18.5 Å². The van der Waals surface area contributed by atoms with Gasteiger partial charge < -0.3 is 35.1 Å². The Morgan fingerprint density at radius 3 is 2.68 bits per heavy atom. The molecule has 0 spiro atoms. The number of amides is 1. The standard InChI is InChI=1S/C32H30F2N6O4/c1-43-20-6-8-27(23(34)15-20)39-13-11-21-26(39)9-7-24(30(21)40-16-18(35)14-19(40)17-41)38-32(42)25-10-12-36-31(37-25)29-22(33)4-3-5-28(29)44-2/h3-13,15,18-19,41H,14,16-17,35H2,1-2H3,(H,38,42)/t18-,19-/m0/s1. The van der Waals surface area contributed by atoms with Gasteiger partial charge in [0.1, 0.15) is 23.0 Å². The first-order chi connectivity index (χ1) is 21.3. The van der Waals surface area contributed by atoms with Gasteiger partial charge in [0.25, 0.3) is 5.91 Å². The number of fused-ring (bicyclic) bond motifs is 1. The van der Waals surface area contributed by atoms with Crippen molar-refractivity contribution in [3.8, 4) is 28.6 Å². The van der Waals surface area contributed by atoms with E-state index in [0.717, 1.165) is 0 Å². The molecule has 226 valence electrons. The number of carbonyl (C=O) groups excluding carboxylic acids is 1. The molecule has 0 radical (unpaired) electrons. The molecule has 6 rings (SSSR count). The number of nitrogens with one attached hydrogen (secondary N) is 1. The van der Waals surface area contributed by atoms with E-state index in [-0.39, 0.29) is 41.5 Å². The number of benzene rings is 3. The van der Waals surface area contributed by atoms with Crippen LogP contribution in [0.15, 0.2) is 73.1 Å². The minimum Gasteiger partial charge on any atom is -0.497 e. The number of ether oxygens (including phenoxy) is 2. The van der Waals surface area contributed by atoms with Gasteiger partial charge in [0.2, 0.25) is 0 Å². The Morgan fingerprint density at radius 1 is 1.09 bits per heavy atom. The molecule has 1 saturated heterocycles. The van der Waals surface area contributed by atoms with Crippen LogP contribution in [0, 0.1) is 11.6 Å². The molecule has 1 fully saturated rings. The summed E-state index contributed by atoms with van der Waals surface area (Å²) in [6, 6.07) is 15.2. The molecule has 0 saturated carbocycles. The van der Waals surface area contributed by atoms with Crippen molar-refractivity contribution in [3.05, 3.63) is 90.4 Å². The van der Waals surface area contributed by atoms with Crippen LogP contribution in [0.25, 0.3) is 28.0 Å². The maximum Gasteiger partial charge on any atom is 0.274 e. The highest BCUT2D eigenvalue weighted by molar-refractivity contribution is 6.09. The van der Waals surface area contributed by atoms with E-state index in [0.29, 0.717) is 46.7 Å². The molecule has 12 heteroatoms. The lowest BCUT2D eigenvalue weighted by Gasteiger charge is -2.28. The summed E-state index contributed by atoms with van der Waals surface area (Å²) < 4.78 is 42.0. The second-order valence-electron chi connectivity index (χ2n) is 10.4. The zero-order valence-electron chi connectivity index (χ0n) is 24.0. The lowest BCUT2D eigenvalue weighted by Crippen LogP contribution is -2.34. The third kappa shape index (κ3) is 5.18. The van der Waals surface area contributed by atoms with Crippen LogP contribution >= 0.6 is 0 Å². The summed E-state index contributed by atoms with van der Waals surface area (Å²) in [5.41, 5.74) is 8.40. The Hall–Kier alpha value is -5.07. The summed E-state index contributed by atoms with van der Waals surface area (Å²) in [6.45, 7) is 0.283. The number of halogens is 2. The predicted octanol–water partition coefficient (Wildman–Crippen LogP) is 4.53. The summed E-state index contributed by atoms with van der Waals surface area (Å²) in [5, 5.41) is 13.8. The molecule has 0 bridgehead atoms. The molecular weight excluding hydrogens is 570 g/mol. The van der Waals surface area contributed by atoms with Crippen molar-refractivity contribution in [1.82, 2.24) is 14.5 Å². The average molecular weight is 601 g/mol. The first-order valence-corrected chi connectivity index (χ1v) is 13.9. The minimum absolute atomic E-state index is 0.000980. The Labute approximate surface area is 251 Å². The van der Waals surface area contributed by atoms with Gasteiger partial charge in [0, 0.05) is 36.4 Å². The van der Waals surface area contributed by atoms with Crippen LogP contribution in [0.4, 0.5) is 20.2 Å². The normalized spacial score (nSPS) is 16.4. The molecule has 0 unspecified atom stereocenters. The molecule has 1 aliphatic heterocycles. The smallest absolute Gasteiger partial charge is 0.274 e. The fourth-order valence-electron chi connectivity index (χ4n) is 5.71. The van der Waals surface area contributed by atoms with Gasteiger partial charge in [-0.3, -0.25) is 4.79 Å². The molecule has 0 aliphatic carbocycles. The number of nitrogens with zero attached hydrogens (tertiary/aromatic N) is 4. The number of nitrogens with two attached hydrogens (primary N) is 1. The van der Waals surface area contributed by atoms with Crippen molar-refractivity contribution >= 4 is 28.2 Å². The quantitative estimate of drug-likeness (QED) is 0.237. The number of aromatic nitrogens is 3. The van der Waals surface area contributed by atoms with E-state index in [1.165, 1.54) is 44.7 Å². The van der Waals surface area contributed by atoms with Crippen LogP contribution in [-0.4, -0.2) is 65.0 Å². The molecule has 3 heterocycles. The van der Waals surface area contributed by atoms with Gasteiger partial charge in [-0.1, -0.05) is 6.07 Å². The monoisotopic (exact) mass is 600 g/mol. The molecule has 4 N–H and O–H groups in total. The number of hydrogen-bond donors (Lipinski definition) is 3. The van der Waals surface area contributed by atoms with E-state index >= 15 is 4.39 Å². The maximum atomic E-state index is 15.1. The highest BCUT2D eigenvalue weighted by Gasteiger charge is 2.33. The molecule has 10 nitrogen and oxygen atoms in total. The highest BCUT2D eigenvalue weighted by atomic mass is 19.1. The summed E-state index contributed by atoms with van der Waals surface area (Å²) in [4.78, 5) is 24.1. The number of anilines is 2. The second-order valence-corrected chi connectivity index (χ2v) is 10.4. The van der Waals surface area contributed by atoms with E-state index < -0.39 is 17.5 Å². The number of rotatable bonds is 8. The Bertz CT molecular complexity index is 1860. The fourth-order valence-corrected chi connectivity index (χ4v) is 5.71. The Kier molecular flexibility index (Phi) is 7.85. The number of carbonyl (C=O) groups is 1. The van der Waals surface area contributed by atoms with Gasteiger partial charge in [-0.25, -0.2) is 18.7 Å². The van der Waals surface area contributed by atoms with Crippen molar-refractivity contribution in [1.29, 1.82) is 0 Å². The molecule has 1 amide bonds. The highest BCUT2D eigenvalue weighted by Crippen LogP contribution is 2.40. The van der Waals surface area contributed by atoms with E-state index in [2.05, 4.69) is 15.3 Å². The summed E-state index contributed by atoms with van der Waals surface area (Å²) >= 11 is 0. The lowest BCUT2D eigenvalue weighted by atomic mass is 10.1. The van der Waals surface area contributed by atoms with Gasteiger partial charge in [-0.2, -0.15) is 0 Å². The molecular formula is C32H30F2N6O4. The molecule has 2 aromatic heterocycles. The van der Waals surface area contributed by atoms with E-state index in [1.807, 2.05) is 11.0 Å². The molecule has 44 heavy (non-hydrogen) atoms. The maximum absolute atomic E-state index is 15.1. The van der Waals surface area contributed by atoms with Crippen molar-refractivity contribution < 1.29 is 28.2 Å². The van der Waals surface area contributed by atoms with Gasteiger partial charge in [-0.15, -0.1) is 0 Å². The van der Waals surface area contributed by atoms with Gasteiger partial charge in [0.05, 0.1) is 55.0 Å². The molecule has 3 aromatic carbocycles. The zero-order chi connectivity index (χ0) is 31.0. The Morgan fingerprint density at radius 2 is 1.93 bits per heavy atom. The summed E-state index contributed by atoms with van der Waals surface area (Å²) in [5.74, 6) is -1.00. The summed E-state index contributed by atoms with van der Waals surface area (Å²) in [6.07, 6.45) is 3.67. The average Bonchev–Trinajstić information content (AvgIpc) is 3.63. The Balaban J connectivity index is 1.43. The first-order valence-electron chi connectivity index (χ1n) is 13.9. The number of methoxy groups -OCH3 is 2. The fraction of sp³-hybridized carbons (Fsp3) is 0.219. The van der Waals surface area contributed by atoms with Gasteiger partial charge in [0.15, 0.2) is 11.6 Å². The third-order valence-electron chi connectivity index (χ3n) is 7.76. The van der Waals surface area contributed by atoms with E-state index in [1.54, 1.807) is 41.1 Å². The third-order valence-corrected chi connectivity index (χ3v) is 7.76. The van der Waals surface area contributed by atoms with Crippen LogP contribution in [0.1, 0.15) is 16.9 Å². The predicted molar refractivity (Wildman–Crippen MR) is 163 cm³/mol. The van der Waals surface area contributed by atoms with Crippen LogP contribution in [0.3, 0.4) is 0 Å². The number of aliphatic hydroxyl groups is 1. The van der Waals surface area contributed by atoms with E-state index in [4.69, 9.17) is 15.2 Å². The van der Waals surface area contributed by atoms with Crippen molar-refractivity contribution in [2.75, 3.05) is 37.6 Å². The molecule has 5 aromatic rings. The van der Waals surface area contributed by atoms with Crippen LogP contribution in [-0.2, 0) is 0 Å². The number of aliphatic hydroxyl groups excluding tert-OH is 1. The summed E-state index contributed by atoms with van der Waals surface area (Å²) in [7, 11) is 2.88. The zero-order valence-corrected chi connectivity index (χ0v) is 24.0. The second kappa shape index (κ2) is 11.9. The van der Waals surface area contributed by atoms with Crippen LogP contribution in [0.5, 0.6) is 11.5 Å². The van der Waals surface area contributed by atoms with Gasteiger partial charge >= 0.3 is 0 Å². The van der Waals surface area contributed by atoms with Gasteiger partial charge in [-0.05, 0) is 55.0 Å². The first kappa shape index (κ1) is 29.0. The number of hydrogen-bond acceptors (Lipinski definition) is 8. The topological polar surface area (TPSA) is 128 Å². The lowest BCUT2D eigenvalue weighted by molar-refractivity contribution is 0.102. The minimum atomic E-state index is -0.590. The van der Waals surface area contributed by atoms with Crippen molar-refractivity contribution in [3.63, 3.8) is 0 Å². The molecule has 1 aliphatic rings. The van der Waals surface area contributed by atoms with E-state index in [9.17, 15) is 14.3 Å². The van der Waals surface area contributed by atoms with Crippen molar-refractivity contribution in [2.24, 2.45) is 5.73 Å². The van der Waals surface area contributed by atoms with Crippen LogP contribution in [0.2, 0.25) is 0 Å². The van der Waals surface area contributed by atoms with Crippen LogP contribution < -0.4 is 25.4 Å². The largest absolute Gasteiger partial charge is 0.497 e.